The molecule has 0 radical (unpaired) electrons. The molecule has 2 amide bonds. The number of nitrogens with zero attached hydrogens (tertiary/aromatic N) is 1. The van der Waals surface area contributed by atoms with Gasteiger partial charge in [0.25, 0.3) is 5.56 Å². The fourth-order valence-corrected chi connectivity index (χ4v) is 3.68. The third kappa shape index (κ3) is 3.73. The summed E-state index contributed by atoms with van der Waals surface area (Å²) in [6.07, 6.45) is -1.52. The highest BCUT2D eigenvalue weighted by Crippen LogP contribution is 2.37. The molecule has 1 aliphatic heterocycles. The van der Waals surface area contributed by atoms with Gasteiger partial charge in [0, 0.05) is 18.3 Å². The molecule has 11 heteroatoms. The second-order valence-electron chi connectivity index (χ2n) is 6.96. The van der Waals surface area contributed by atoms with Crippen LogP contribution in [-0.2, 0) is 4.74 Å². The van der Waals surface area contributed by atoms with Crippen LogP contribution in [0.4, 0.5) is 23.7 Å². The Morgan fingerprint density at radius 2 is 1.87 bits per heavy atom. The number of aliphatic hydroxyl groups excluding tert-OH is 1. The van der Waals surface area contributed by atoms with Crippen LogP contribution in [0, 0.1) is 17.5 Å². The topological polar surface area (TPSA) is 94.7 Å². The van der Waals surface area contributed by atoms with Gasteiger partial charge in [-0.3, -0.25) is 4.79 Å². The maximum Gasteiger partial charge on any atom is 0.322 e. The Morgan fingerprint density at radius 1 is 1.19 bits per heavy atom. The zero-order valence-electron chi connectivity index (χ0n) is 15.9. The number of benzene rings is 2. The summed E-state index contributed by atoms with van der Waals surface area (Å²) >= 11 is 5.73. The number of aromatic amines is 1. The SMILES string of the molecule is CN(C(=O)Nc1ccc(F)c(Cl)c1)[C@@H]1CO[C@@H](O)c2[nH]c(=O)c3cc(F)c(F)cc3c21. The van der Waals surface area contributed by atoms with Gasteiger partial charge in [-0.1, -0.05) is 11.6 Å². The number of carbonyl (C=O) groups is 1. The van der Waals surface area contributed by atoms with Crippen LogP contribution in [-0.4, -0.2) is 34.7 Å². The van der Waals surface area contributed by atoms with E-state index in [1.807, 2.05) is 0 Å². The Morgan fingerprint density at radius 3 is 2.55 bits per heavy atom. The molecule has 2 heterocycles. The van der Waals surface area contributed by atoms with E-state index in [1.165, 1.54) is 24.1 Å². The Bertz CT molecular complexity index is 1270. The normalized spacial score (nSPS) is 18.0. The number of ether oxygens (including phenoxy) is 1. The monoisotopic (exact) mass is 453 g/mol. The lowest BCUT2D eigenvalue weighted by Gasteiger charge is -2.35. The molecule has 0 saturated carbocycles. The van der Waals surface area contributed by atoms with E-state index in [9.17, 15) is 27.9 Å². The number of halogens is 4. The van der Waals surface area contributed by atoms with Gasteiger partial charge in [0.2, 0.25) is 0 Å². The summed E-state index contributed by atoms with van der Waals surface area (Å²) in [6.45, 7) is -0.192. The average molecular weight is 454 g/mol. The fraction of sp³-hybridized carbons (Fsp3) is 0.200. The first-order valence-corrected chi connectivity index (χ1v) is 9.38. The first kappa shape index (κ1) is 21.2. The minimum atomic E-state index is -1.52. The van der Waals surface area contributed by atoms with Crippen molar-refractivity contribution in [1.29, 1.82) is 0 Å². The van der Waals surface area contributed by atoms with Gasteiger partial charge in [-0.2, -0.15) is 0 Å². The lowest BCUT2D eigenvalue weighted by atomic mass is 9.95. The van der Waals surface area contributed by atoms with Crippen LogP contribution in [0.1, 0.15) is 23.6 Å². The number of H-pyrrole nitrogens is 1. The number of nitrogens with one attached hydrogen (secondary N) is 2. The number of urea groups is 1. The molecule has 3 aromatic rings. The third-order valence-corrected chi connectivity index (χ3v) is 5.37. The highest BCUT2D eigenvalue weighted by atomic mass is 35.5. The largest absolute Gasteiger partial charge is 0.363 e. The van der Waals surface area contributed by atoms with Crippen molar-refractivity contribution in [3.05, 3.63) is 74.4 Å². The number of fused-ring (bicyclic) bond motifs is 3. The number of rotatable bonds is 2. The first-order chi connectivity index (χ1) is 14.7. The molecule has 0 fully saturated rings. The molecule has 2 atom stereocenters. The lowest BCUT2D eigenvalue weighted by molar-refractivity contribution is -0.129. The van der Waals surface area contributed by atoms with E-state index in [1.54, 1.807) is 0 Å². The molecular formula is C20H15ClF3N3O4. The maximum absolute atomic E-state index is 14.0. The van der Waals surface area contributed by atoms with Gasteiger partial charge in [-0.25, -0.2) is 18.0 Å². The van der Waals surface area contributed by atoms with Crippen molar-refractivity contribution < 1.29 is 27.8 Å². The molecule has 162 valence electrons. The molecular weight excluding hydrogens is 439 g/mol. The minimum absolute atomic E-state index is 0.0366. The number of likely N-dealkylation sites (N-methyl/N-ethyl adjacent to an activating group) is 1. The third-order valence-electron chi connectivity index (χ3n) is 5.08. The van der Waals surface area contributed by atoms with Crippen molar-refractivity contribution in [1.82, 2.24) is 9.88 Å². The number of carbonyl (C=O) groups excluding carboxylic acids is 1. The van der Waals surface area contributed by atoms with E-state index >= 15 is 0 Å². The second-order valence-corrected chi connectivity index (χ2v) is 7.37. The molecule has 4 rings (SSSR count). The van der Waals surface area contributed by atoms with Gasteiger partial charge in [-0.15, -0.1) is 0 Å². The number of aliphatic hydroxyl groups is 1. The van der Waals surface area contributed by atoms with Crippen molar-refractivity contribution >= 4 is 34.1 Å². The molecule has 0 aliphatic carbocycles. The maximum atomic E-state index is 14.0. The molecule has 3 N–H and O–H groups in total. The van der Waals surface area contributed by atoms with Crippen LogP contribution in [0.3, 0.4) is 0 Å². The van der Waals surface area contributed by atoms with Gasteiger partial charge in [-0.05, 0) is 35.7 Å². The number of pyridine rings is 1. The van der Waals surface area contributed by atoms with Gasteiger partial charge >= 0.3 is 6.03 Å². The zero-order valence-corrected chi connectivity index (χ0v) is 16.6. The van der Waals surface area contributed by atoms with Crippen LogP contribution in [0.15, 0.2) is 35.1 Å². The standard InChI is InChI=1S/C20H15ClF3N3O4/c1-27(20(30)25-8-2-3-12(22)11(21)4-8)15-7-31-19(29)17-16(15)9-5-13(23)14(24)6-10(9)18(28)26-17/h2-6,15,19,29H,7H2,1H3,(H,25,30)(H,26,28)/t15-,19-/m1/s1. The summed E-state index contributed by atoms with van der Waals surface area (Å²) in [5, 5.41) is 12.4. The molecule has 0 spiro atoms. The van der Waals surface area contributed by atoms with E-state index in [4.69, 9.17) is 16.3 Å². The van der Waals surface area contributed by atoms with Crippen LogP contribution in [0.2, 0.25) is 5.02 Å². The lowest BCUT2D eigenvalue weighted by Crippen LogP contribution is -2.40. The molecule has 0 unspecified atom stereocenters. The molecule has 0 bridgehead atoms. The van der Waals surface area contributed by atoms with E-state index < -0.39 is 41.4 Å². The predicted molar refractivity (Wildman–Crippen MR) is 106 cm³/mol. The Balaban J connectivity index is 1.77. The number of aromatic nitrogens is 1. The fourth-order valence-electron chi connectivity index (χ4n) is 3.49. The van der Waals surface area contributed by atoms with Crippen molar-refractivity contribution in [2.45, 2.75) is 12.3 Å². The van der Waals surface area contributed by atoms with Crippen molar-refractivity contribution in [2.24, 2.45) is 0 Å². The van der Waals surface area contributed by atoms with Gasteiger partial charge in [0.1, 0.15) is 5.82 Å². The molecule has 1 aliphatic rings. The van der Waals surface area contributed by atoms with Crippen molar-refractivity contribution in [2.75, 3.05) is 19.0 Å². The van der Waals surface area contributed by atoms with Crippen LogP contribution >= 0.6 is 11.6 Å². The Labute approximate surface area is 178 Å². The Hall–Kier alpha value is -3.08. The smallest absolute Gasteiger partial charge is 0.322 e. The summed E-state index contributed by atoms with van der Waals surface area (Å²) in [6, 6.07) is 3.69. The van der Waals surface area contributed by atoms with Gasteiger partial charge in [0.15, 0.2) is 17.9 Å². The summed E-state index contributed by atoms with van der Waals surface area (Å²) < 4.78 is 46.3. The summed E-state index contributed by atoms with van der Waals surface area (Å²) in [4.78, 5) is 28.7. The highest BCUT2D eigenvalue weighted by Gasteiger charge is 2.35. The number of anilines is 1. The van der Waals surface area contributed by atoms with E-state index in [0.717, 1.165) is 18.2 Å². The van der Waals surface area contributed by atoms with Gasteiger partial charge < -0.3 is 25.0 Å². The number of amides is 2. The molecule has 7 nitrogen and oxygen atoms in total. The molecule has 31 heavy (non-hydrogen) atoms. The van der Waals surface area contributed by atoms with Crippen LogP contribution in [0.5, 0.6) is 0 Å². The van der Waals surface area contributed by atoms with Crippen molar-refractivity contribution in [3.8, 4) is 0 Å². The summed E-state index contributed by atoms with van der Waals surface area (Å²) in [7, 11) is 1.41. The van der Waals surface area contributed by atoms with E-state index in [-0.39, 0.29) is 39.3 Å². The summed E-state index contributed by atoms with van der Waals surface area (Å²) in [5.74, 6) is -3.05. The molecule has 1 aromatic heterocycles. The zero-order chi connectivity index (χ0) is 22.4. The summed E-state index contributed by atoms with van der Waals surface area (Å²) in [5.41, 5.74) is -0.380. The highest BCUT2D eigenvalue weighted by molar-refractivity contribution is 6.31. The van der Waals surface area contributed by atoms with E-state index in [0.29, 0.717) is 0 Å². The predicted octanol–water partition coefficient (Wildman–Crippen LogP) is 3.82. The van der Waals surface area contributed by atoms with Gasteiger partial charge in [0.05, 0.1) is 28.8 Å². The van der Waals surface area contributed by atoms with E-state index in [2.05, 4.69) is 10.3 Å². The van der Waals surface area contributed by atoms with Crippen molar-refractivity contribution in [3.63, 3.8) is 0 Å². The Kier molecular flexibility index (Phi) is 5.38. The second kappa shape index (κ2) is 7.88. The average Bonchev–Trinajstić information content (AvgIpc) is 2.72. The number of hydrogen-bond acceptors (Lipinski definition) is 4. The quantitative estimate of drug-likeness (QED) is 0.549. The van der Waals surface area contributed by atoms with Crippen LogP contribution in [0.25, 0.3) is 10.8 Å². The first-order valence-electron chi connectivity index (χ1n) is 9.00. The minimum Gasteiger partial charge on any atom is -0.363 e. The molecule has 0 saturated heterocycles. The molecule has 2 aromatic carbocycles. The van der Waals surface area contributed by atoms with Crippen LogP contribution < -0.4 is 10.9 Å². The number of hydrogen-bond donors (Lipinski definition) is 3.